The van der Waals surface area contributed by atoms with Gasteiger partial charge in [0.2, 0.25) is 0 Å². The van der Waals surface area contributed by atoms with E-state index in [4.69, 9.17) is 9.05 Å². The van der Waals surface area contributed by atoms with Gasteiger partial charge in [-0.05, 0) is 13.8 Å². The molecule has 214 valence electrons. The van der Waals surface area contributed by atoms with E-state index in [0.29, 0.717) is 13.2 Å². The van der Waals surface area contributed by atoms with Crippen molar-refractivity contribution in [2.45, 2.75) is 159 Å². The van der Waals surface area contributed by atoms with E-state index in [2.05, 4.69) is 48.2 Å². The van der Waals surface area contributed by atoms with E-state index in [0.717, 1.165) is 0 Å². The Bertz CT molecular complexity index is 359. The molecule has 0 aromatic rings. The zero-order valence-electron chi connectivity index (χ0n) is 26.5. The van der Waals surface area contributed by atoms with Crippen LogP contribution in [0, 0.1) is 6.66 Å². The van der Waals surface area contributed by atoms with Crippen LogP contribution in [0.4, 0.5) is 0 Å². The Labute approximate surface area is 256 Å². The third-order valence-electron chi connectivity index (χ3n) is 5.95. The average Bonchev–Trinajstić information content (AvgIpc) is 2.84. The summed E-state index contributed by atoms with van der Waals surface area (Å²) in [7, 11) is -2.94. The summed E-state index contributed by atoms with van der Waals surface area (Å²) in [5, 5.41) is 0. The van der Waals surface area contributed by atoms with Crippen molar-refractivity contribution in [1.82, 2.24) is 0 Å². The molecule has 0 aliphatic carbocycles. The first-order valence-electron chi connectivity index (χ1n) is 15.2. The predicted molar refractivity (Wildman–Crippen MR) is 166 cm³/mol. The van der Waals surface area contributed by atoms with Crippen LogP contribution in [0.1, 0.15) is 132 Å². The number of hydrogen-bond acceptors (Lipinski definition) is 3. The normalized spacial score (nSPS) is 11.0. The van der Waals surface area contributed by atoms with Gasteiger partial charge in [-0.3, -0.25) is 4.57 Å². The van der Waals surface area contributed by atoms with E-state index >= 15 is 0 Å². The van der Waals surface area contributed by atoms with Crippen LogP contribution < -0.4 is 18.9 Å². The second-order valence-corrected chi connectivity index (χ2v) is 28.4. The largest absolute Gasteiger partial charge is 1.00 e. The Kier molecular flexibility index (Phi) is 47.0. The van der Waals surface area contributed by atoms with Gasteiger partial charge in [-0.15, -0.1) is 0 Å². The van der Waals surface area contributed by atoms with Crippen molar-refractivity contribution in [3.63, 3.8) is 0 Å². The van der Waals surface area contributed by atoms with Gasteiger partial charge in [0.05, 0.1) is 13.2 Å². The van der Waals surface area contributed by atoms with Gasteiger partial charge in [-0.1, -0.05) is 0 Å². The van der Waals surface area contributed by atoms with Crippen LogP contribution in [-0.2, 0) is 13.6 Å². The zero-order chi connectivity index (χ0) is 27.2. The Morgan fingerprint density at radius 2 is 0.694 bits per heavy atom. The molecular weight excluding hydrogens is 672 g/mol. The minimum absolute atomic E-state index is 0. The number of hydrogen-bond donors (Lipinski definition) is 0. The molecule has 0 heterocycles. The van der Waals surface area contributed by atoms with Gasteiger partial charge in [0.25, 0.3) is 0 Å². The molecule has 0 bridgehead atoms. The minimum Gasteiger partial charge on any atom is -0.331 e. The van der Waals surface area contributed by atoms with E-state index in [1.165, 1.54) is 77.0 Å². The van der Waals surface area contributed by atoms with E-state index < -0.39 is 47.1 Å². The van der Waals surface area contributed by atoms with E-state index in [1.807, 2.05) is 0 Å². The quantitative estimate of drug-likeness (QED) is 0.0634. The van der Waals surface area contributed by atoms with E-state index in [9.17, 15) is 4.57 Å². The van der Waals surface area contributed by atoms with E-state index in [-0.39, 0.29) is 18.9 Å². The third-order valence-corrected chi connectivity index (χ3v) is 25.4. The van der Waals surface area contributed by atoms with Crippen molar-refractivity contribution in [3.05, 3.63) is 6.66 Å². The van der Waals surface area contributed by atoms with Crippen LogP contribution in [0.15, 0.2) is 0 Å². The molecule has 0 aliphatic rings. The molecule has 2 radical (unpaired) electrons. The first-order chi connectivity index (χ1) is 16.8. The molecule has 36 heavy (non-hydrogen) atoms. The minimum atomic E-state index is -2.94. The summed E-state index contributed by atoms with van der Waals surface area (Å²) in [4.78, 5) is 0. The summed E-state index contributed by atoms with van der Waals surface area (Å²) < 4.78 is 30.3. The van der Waals surface area contributed by atoms with Gasteiger partial charge < -0.3 is 9.05 Å². The fraction of sp³-hybridized carbons (Fsp3) is 0.966. The molecule has 0 unspecified atom stereocenters. The Balaban J connectivity index is -0.000000214. The molecule has 0 atom stereocenters. The van der Waals surface area contributed by atoms with Crippen molar-refractivity contribution < 1.29 is 32.5 Å². The summed E-state index contributed by atoms with van der Waals surface area (Å²) in [5.41, 5.74) is 0. The fourth-order valence-electron chi connectivity index (χ4n) is 3.74. The van der Waals surface area contributed by atoms with Crippen LogP contribution in [0.5, 0.6) is 0 Å². The maximum Gasteiger partial charge on any atom is 1.00 e. The van der Waals surface area contributed by atoms with Crippen LogP contribution in [-0.4, -0.2) is 52.7 Å². The first kappa shape index (κ1) is 45.3. The van der Waals surface area contributed by atoms with Gasteiger partial charge in [0.1, 0.15) is 0 Å². The second kappa shape index (κ2) is 37.3. The fourth-order valence-corrected chi connectivity index (χ4v) is 23.5. The smallest absolute Gasteiger partial charge is 0.331 e. The molecule has 0 saturated heterocycles. The first-order valence-corrected chi connectivity index (χ1v) is 29.1. The maximum atomic E-state index is 10.9. The van der Waals surface area contributed by atoms with Crippen molar-refractivity contribution in [2.75, 3.05) is 13.2 Å². The molecule has 0 amide bonds. The van der Waals surface area contributed by atoms with Gasteiger partial charge in [0.15, 0.2) is 7.60 Å². The standard InChI is InChI=1S/C5H12O3P.6C4H9.Li.2Sn/c1-4-7-9(3,6)8-5-2;6*1-3-4-2;;;/h3-5H2,1-2H3;6*1,3-4H2,2H3;;;/q-1;;;;;;;+1;;. The van der Waals surface area contributed by atoms with Crippen molar-refractivity contribution in [1.29, 1.82) is 0 Å². The molecule has 0 fully saturated rings. The molecule has 0 aromatic heterocycles. The van der Waals surface area contributed by atoms with Gasteiger partial charge in [0, 0.05) is 0 Å². The van der Waals surface area contributed by atoms with Gasteiger partial charge >= 0.3 is 204 Å². The summed E-state index contributed by atoms with van der Waals surface area (Å²) in [6.45, 7) is 21.5. The monoisotopic (exact) mass is 740 g/mol. The molecule has 3 nitrogen and oxygen atoms in total. The Morgan fingerprint density at radius 3 is 0.833 bits per heavy atom. The molecule has 0 aliphatic heterocycles. The Hall–Kier alpha value is 2.34. The average molecular weight is 738 g/mol. The molecule has 0 spiro atoms. The van der Waals surface area contributed by atoms with Crippen LogP contribution in [0.3, 0.4) is 0 Å². The molecule has 0 aromatic carbocycles. The SMILES string of the molecule is CCC[CH2][Sn]([CH2]CCC)[CH2]CCC.CCC[CH2][Sn]([CH2]CCC)[CH2]CCC.[CH2-]P(=O)(OCC)OCC.[Li+]. The third kappa shape index (κ3) is 38.5. The van der Waals surface area contributed by atoms with Crippen molar-refractivity contribution in [3.8, 4) is 0 Å². The Morgan fingerprint density at radius 1 is 0.500 bits per heavy atom. The van der Waals surface area contributed by atoms with Crippen LogP contribution in [0.25, 0.3) is 0 Å². The zero-order valence-corrected chi connectivity index (χ0v) is 33.1. The molecule has 0 N–H and O–H groups in total. The van der Waals surface area contributed by atoms with Crippen LogP contribution in [0.2, 0.25) is 26.6 Å². The summed E-state index contributed by atoms with van der Waals surface area (Å²) in [6.07, 6.45) is 17.7. The summed E-state index contributed by atoms with van der Waals surface area (Å²) in [6, 6.07) is 0. The summed E-state index contributed by atoms with van der Waals surface area (Å²) >= 11 is -1.68. The van der Waals surface area contributed by atoms with Crippen LogP contribution >= 0.6 is 7.60 Å². The number of unbranched alkanes of at least 4 members (excludes halogenated alkanes) is 6. The predicted octanol–water partition coefficient (Wildman–Crippen LogP) is 8.81. The molecular formula is C29H66LiO3PSn2. The molecule has 7 heteroatoms. The number of rotatable bonds is 22. The van der Waals surface area contributed by atoms with Gasteiger partial charge in [-0.2, -0.15) is 0 Å². The molecule has 0 rings (SSSR count). The maximum absolute atomic E-state index is 10.9. The van der Waals surface area contributed by atoms with Gasteiger partial charge in [-0.25, -0.2) is 6.66 Å². The van der Waals surface area contributed by atoms with Crippen molar-refractivity contribution in [2.24, 2.45) is 0 Å². The molecule has 0 saturated carbocycles. The summed E-state index contributed by atoms with van der Waals surface area (Å²) in [5.74, 6) is 0. The van der Waals surface area contributed by atoms with Crippen molar-refractivity contribution >= 4 is 47.1 Å². The topological polar surface area (TPSA) is 35.5 Å². The second-order valence-electron chi connectivity index (χ2n) is 9.57. The van der Waals surface area contributed by atoms with E-state index in [1.54, 1.807) is 40.5 Å².